The Bertz CT molecular complexity index is 1200. The molecule has 4 aromatic rings. The molecule has 32 heavy (non-hydrogen) atoms. The van der Waals surface area contributed by atoms with Gasteiger partial charge in [0, 0.05) is 32.4 Å². The summed E-state index contributed by atoms with van der Waals surface area (Å²) in [5, 5.41) is 9.65. The van der Waals surface area contributed by atoms with Crippen molar-refractivity contribution in [3.63, 3.8) is 0 Å². The van der Waals surface area contributed by atoms with E-state index in [1.165, 1.54) is 4.90 Å². The third kappa shape index (κ3) is 4.95. The number of nitrogens with zero attached hydrogens (tertiary/aromatic N) is 3. The first kappa shape index (κ1) is 21.5. The van der Waals surface area contributed by atoms with Gasteiger partial charge in [-0.25, -0.2) is 0 Å². The largest absolute Gasteiger partial charge is 0.348 e. The summed E-state index contributed by atoms with van der Waals surface area (Å²) in [7, 11) is 3.44. The van der Waals surface area contributed by atoms with Gasteiger partial charge in [-0.2, -0.15) is 5.10 Å². The zero-order chi connectivity index (χ0) is 22.5. The average Bonchev–Trinajstić information content (AvgIpc) is 3.48. The molecule has 2 amide bonds. The van der Waals surface area contributed by atoms with E-state index in [0.29, 0.717) is 29.9 Å². The molecule has 162 valence electrons. The highest BCUT2D eigenvalue weighted by molar-refractivity contribution is 7.13. The third-order valence-electron chi connectivity index (χ3n) is 5.01. The van der Waals surface area contributed by atoms with Crippen molar-refractivity contribution in [1.29, 1.82) is 0 Å². The predicted molar refractivity (Wildman–Crippen MR) is 127 cm³/mol. The maximum absolute atomic E-state index is 13.0. The molecule has 0 aliphatic rings. The predicted octanol–water partition coefficient (Wildman–Crippen LogP) is 4.29. The Balaban J connectivity index is 1.50. The van der Waals surface area contributed by atoms with Crippen LogP contribution in [0.25, 0.3) is 10.6 Å². The van der Waals surface area contributed by atoms with Gasteiger partial charge in [-0.15, -0.1) is 11.3 Å². The van der Waals surface area contributed by atoms with E-state index >= 15 is 0 Å². The third-order valence-corrected chi connectivity index (χ3v) is 5.88. The Labute approximate surface area is 191 Å². The van der Waals surface area contributed by atoms with Crippen LogP contribution in [0, 0.1) is 0 Å². The Hall–Kier alpha value is -3.71. The van der Waals surface area contributed by atoms with Crippen LogP contribution in [0.15, 0.2) is 78.3 Å². The molecule has 0 bridgehead atoms. The summed E-state index contributed by atoms with van der Waals surface area (Å²) in [5.74, 6) is -0.229. The summed E-state index contributed by atoms with van der Waals surface area (Å²) >= 11 is 1.56. The molecule has 0 saturated heterocycles. The number of aromatic nitrogens is 2. The van der Waals surface area contributed by atoms with Crippen LogP contribution in [-0.4, -0.2) is 40.6 Å². The van der Waals surface area contributed by atoms with Crippen molar-refractivity contribution in [2.75, 3.05) is 14.1 Å². The lowest BCUT2D eigenvalue weighted by molar-refractivity contribution is 0.0827. The van der Waals surface area contributed by atoms with E-state index < -0.39 is 0 Å². The second kappa shape index (κ2) is 9.62. The van der Waals surface area contributed by atoms with Crippen molar-refractivity contribution < 1.29 is 9.59 Å². The van der Waals surface area contributed by atoms with Gasteiger partial charge in [-0.1, -0.05) is 48.5 Å². The molecule has 0 spiro atoms. The van der Waals surface area contributed by atoms with E-state index in [0.717, 1.165) is 16.0 Å². The van der Waals surface area contributed by atoms with Gasteiger partial charge < -0.3 is 10.2 Å². The van der Waals surface area contributed by atoms with E-state index in [-0.39, 0.29) is 11.8 Å². The van der Waals surface area contributed by atoms with Crippen LogP contribution in [0.5, 0.6) is 0 Å². The fraction of sp³-hybridized carbons (Fsp3) is 0.160. The minimum absolute atomic E-state index is 0.0491. The number of amides is 2. The van der Waals surface area contributed by atoms with E-state index in [2.05, 4.69) is 5.32 Å². The minimum atomic E-state index is -0.179. The molecule has 0 unspecified atom stereocenters. The lowest BCUT2D eigenvalue weighted by Gasteiger charge is -2.11. The summed E-state index contributed by atoms with van der Waals surface area (Å²) in [4.78, 5) is 27.6. The topological polar surface area (TPSA) is 67.2 Å². The Morgan fingerprint density at radius 3 is 2.38 bits per heavy atom. The number of hydrogen-bond donors (Lipinski definition) is 1. The van der Waals surface area contributed by atoms with Crippen LogP contribution in [-0.2, 0) is 13.1 Å². The molecule has 4 rings (SSSR count). The van der Waals surface area contributed by atoms with Crippen molar-refractivity contribution in [2.24, 2.45) is 0 Å². The first-order valence-electron chi connectivity index (χ1n) is 10.3. The molecule has 0 atom stereocenters. The fourth-order valence-corrected chi connectivity index (χ4v) is 4.06. The van der Waals surface area contributed by atoms with Gasteiger partial charge in [0.1, 0.15) is 5.69 Å². The normalized spacial score (nSPS) is 10.7. The van der Waals surface area contributed by atoms with E-state index in [1.54, 1.807) is 48.4 Å². The average molecular weight is 445 g/mol. The van der Waals surface area contributed by atoms with Crippen LogP contribution in [0.1, 0.15) is 31.8 Å². The first-order valence-corrected chi connectivity index (χ1v) is 11.1. The van der Waals surface area contributed by atoms with Crippen LogP contribution in [0.2, 0.25) is 0 Å². The number of nitrogens with one attached hydrogen (secondary N) is 1. The highest BCUT2D eigenvalue weighted by atomic mass is 32.1. The SMILES string of the molecule is CN(C)C(=O)c1ccc(CNC(=O)c2cn(Cc3ccccc3)nc2-c2cccs2)cc1. The standard InChI is InChI=1S/C25H24N4O2S/c1-28(2)25(31)20-12-10-18(11-13-20)15-26-24(30)21-17-29(16-19-7-4-3-5-8-19)27-23(21)22-9-6-14-32-22/h3-14,17H,15-16H2,1-2H3,(H,26,30). The van der Waals surface area contributed by atoms with Crippen LogP contribution in [0.3, 0.4) is 0 Å². The zero-order valence-electron chi connectivity index (χ0n) is 18.0. The van der Waals surface area contributed by atoms with Crippen molar-refractivity contribution >= 4 is 23.2 Å². The minimum Gasteiger partial charge on any atom is -0.348 e. The van der Waals surface area contributed by atoms with Crippen LogP contribution < -0.4 is 5.32 Å². The van der Waals surface area contributed by atoms with Crippen molar-refractivity contribution in [1.82, 2.24) is 20.0 Å². The maximum atomic E-state index is 13.0. The first-order chi connectivity index (χ1) is 15.5. The molecule has 2 aromatic carbocycles. The van der Waals surface area contributed by atoms with Gasteiger partial charge in [0.15, 0.2) is 0 Å². The summed E-state index contributed by atoms with van der Waals surface area (Å²) in [5.41, 5.74) is 3.88. The summed E-state index contributed by atoms with van der Waals surface area (Å²) in [6.07, 6.45) is 1.80. The molecule has 2 heterocycles. The van der Waals surface area contributed by atoms with Crippen LogP contribution >= 0.6 is 11.3 Å². The van der Waals surface area contributed by atoms with Gasteiger partial charge in [0.25, 0.3) is 11.8 Å². The highest BCUT2D eigenvalue weighted by Crippen LogP contribution is 2.27. The molecule has 0 fully saturated rings. The highest BCUT2D eigenvalue weighted by Gasteiger charge is 2.19. The van der Waals surface area contributed by atoms with E-state index in [9.17, 15) is 9.59 Å². The summed E-state index contributed by atoms with van der Waals surface area (Å²) in [6.45, 7) is 0.955. The molecule has 7 heteroatoms. The van der Waals surface area contributed by atoms with Crippen molar-refractivity contribution in [2.45, 2.75) is 13.1 Å². The number of rotatable bonds is 7. The Kier molecular flexibility index (Phi) is 6.47. The second-order valence-corrected chi connectivity index (χ2v) is 8.58. The molecule has 6 nitrogen and oxygen atoms in total. The zero-order valence-corrected chi connectivity index (χ0v) is 18.8. The number of benzene rings is 2. The van der Waals surface area contributed by atoms with Gasteiger partial charge in [-0.05, 0) is 34.7 Å². The lowest BCUT2D eigenvalue weighted by atomic mass is 10.1. The molecule has 1 N–H and O–H groups in total. The van der Waals surface area contributed by atoms with Gasteiger partial charge in [0.05, 0.1) is 17.0 Å². The number of carbonyl (C=O) groups is 2. The Morgan fingerprint density at radius 2 is 1.72 bits per heavy atom. The smallest absolute Gasteiger partial charge is 0.255 e. The second-order valence-electron chi connectivity index (χ2n) is 7.63. The maximum Gasteiger partial charge on any atom is 0.255 e. The molecular formula is C25H24N4O2S. The van der Waals surface area contributed by atoms with Gasteiger partial charge in [0.2, 0.25) is 0 Å². The monoisotopic (exact) mass is 444 g/mol. The number of carbonyl (C=O) groups excluding carboxylic acids is 2. The quantitative estimate of drug-likeness (QED) is 0.462. The van der Waals surface area contributed by atoms with Crippen molar-refractivity contribution in [3.8, 4) is 10.6 Å². The molecule has 2 aromatic heterocycles. The van der Waals surface area contributed by atoms with Crippen molar-refractivity contribution in [3.05, 3.63) is 101 Å². The summed E-state index contributed by atoms with van der Waals surface area (Å²) < 4.78 is 1.81. The molecule has 0 aliphatic heterocycles. The van der Waals surface area contributed by atoms with Gasteiger partial charge in [-0.3, -0.25) is 14.3 Å². The Morgan fingerprint density at radius 1 is 0.969 bits per heavy atom. The molecule has 0 aliphatic carbocycles. The molecule has 0 saturated carbocycles. The number of thiophene rings is 1. The summed E-state index contributed by atoms with van der Waals surface area (Å²) in [6, 6.07) is 21.2. The lowest BCUT2D eigenvalue weighted by Crippen LogP contribution is -2.23. The molecule has 0 radical (unpaired) electrons. The van der Waals surface area contributed by atoms with Crippen LogP contribution in [0.4, 0.5) is 0 Å². The van der Waals surface area contributed by atoms with E-state index in [1.807, 2.05) is 60.0 Å². The van der Waals surface area contributed by atoms with E-state index in [4.69, 9.17) is 5.10 Å². The fourth-order valence-electron chi connectivity index (χ4n) is 3.34. The molecular weight excluding hydrogens is 420 g/mol. The number of hydrogen-bond acceptors (Lipinski definition) is 4. The van der Waals surface area contributed by atoms with Gasteiger partial charge >= 0.3 is 0 Å².